The Kier molecular flexibility index (Phi) is 23.4. The van der Waals surface area contributed by atoms with E-state index >= 15 is 0 Å². The molecule has 0 amide bonds. The number of hydrogen-bond acceptors (Lipinski definition) is 7. The van der Waals surface area contributed by atoms with E-state index in [1.54, 1.807) is 7.11 Å². The van der Waals surface area contributed by atoms with Crippen molar-refractivity contribution in [2.45, 2.75) is 287 Å². The van der Waals surface area contributed by atoms with Gasteiger partial charge >= 0.3 is 0 Å². The van der Waals surface area contributed by atoms with Crippen molar-refractivity contribution in [3.8, 4) is 17.2 Å². The van der Waals surface area contributed by atoms with Crippen molar-refractivity contribution in [2.75, 3.05) is 7.11 Å². The zero-order valence-electron chi connectivity index (χ0n) is 76.8. The molecule has 7 heteroatoms. The molecule has 3 N–H and O–H groups in total. The third-order valence-corrected chi connectivity index (χ3v) is 23.1. The molecule has 3 aliphatic carbocycles. The van der Waals surface area contributed by atoms with Crippen LogP contribution in [0, 0.1) is 32.5 Å². The van der Waals surface area contributed by atoms with Crippen LogP contribution >= 0.6 is 0 Å². The van der Waals surface area contributed by atoms with Crippen molar-refractivity contribution in [1.29, 1.82) is 0 Å². The number of Topliss-reactive ketones (excluding diaryl/α,β-unsaturated/α-hetero) is 3. The highest BCUT2D eigenvalue weighted by Crippen LogP contribution is 2.53. The van der Waals surface area contributed by atoms with Gasteiger partial charge in [-0.3, -0.25) is 14.4 Å². The number of allylic oxidation sites excluding steroid dienone is 15. The molecule has 6 aromatic carbocycles. The summed E-state index contributed by atoms with van der Waals surface area (Å²) in [6.07, 6.45) is 12.6. The van der Waals surface area contributed by atoms with E-state index in [0.29, 0.717) is 0 Å². The first-order valence-electron chi connectivity index (χ1n) is 41.3. The maximum Gasteiger partial charge on any atom is 0.186 e. The summed E-state index contributed by atoms with van der Waals surface area (Å²) in [4.78, 5) is 44.8. The second-order valence-corrected chi connectivity index (χ2v) is 45.2. The first-order chi connectivity index (χ1) is 51.6. The Labute approximate surface area is 687 Å². The molecule has 0 aromatic heterocycles. The Balaban J connectivity index is 1.46. The van der Waals surface area contributed by atoms with Crippen molar-refractivity contribution >= 4 is 34.1 Å². The summed E-state index contributed by atoms with van der Waals surface area (Å²) in [5.41, 5.74) is 15.5. The van der Waals surface area contributed by atoms with Gasteiger partial charge in [0.1, 0.15) is 22.8 Å². The van der Waals surface area contributed by atoms with Crippen molar-refractivity contribution in [1.82, 2.24) is 0 Å². The molecule has 114 heavy (non-hydrogen) atoms. The summed E-state index contributed by atoms with van der Waals surface area (Å²) in [6.45, 7) is 76.5. The topological polar surface area (TPSA) is 121 Å². The van der Waals surface area contributed by atoms with Gasteiger partial charge in [0.15, 0.2) is 17.3 Å². The van der Waals surface area contributed by atoms with Gasteiger partial charge in [0.2, 0.25) is 0 Å². The molecular weight excluding hydrogens is 1400 g/mol. The Morgan fingerprint density at radius 3 is 0.500 bits per heavy atom. The van der Waals surface area contributed by atoms with E-state index < -0.39 is 70.6 Å². The number of aromatic hydroxyl groups is 3. The third kappa shape index (κ3) is 17.8. The molecule has 0 bridgehead atoms. The van der Waals surface area contributed by atoms with E-state index in [1.165, 1.54) is 0 Å². The standard InChI is InChI=1S/C107H138O7/c1-95(2,3)74-50-65(51-75(89(74)108)96(4,5)6)86(66-52-76(97(7,8)9)90(109)77(53-66)98(10,11)12)62-38-44-71(45-39-62)107(114-37,72-46-40-63(41-47-72)87(67-54-78(99(13,14)15)91(110)79(55-67)100(16,17)18)68-56-80(101(19,20)21)92(111)81(57-68)102(22,23)24)73-48-42-64(43-49-73)88(69-58-82(103(25,26)27)93(112)83(59-69)104(28,29)30)70-60-84(105(31,32)33)94(113)85(61-70)106(34,35)36/h38-61,108,110,112H,1-37H3. The number of ether oxygens (including phenoxy) is 1. The first-order valence-corrected chi connectivity index (χ1v) is 41.3. The number of phenols is 3. The van der Waals surface area contributed by atoms with E-state index in [2.05, 4.69) is 395 Å². The molecule has 0 unspecified atom stereocenters. The van der Waals surface area contributed by atoms with E-state index in [-0.39, 0.29) is 34.6 Å². The summed E-state index contributed by atoms with van der Waals surface area (Å²) in [5.74, 6) is 0.944. The van der Waals surface area contributed by atoms with Gasteiger partial charge in [0.25, 0.3) is 0 Å². The number of ketones is 3. The lowest BCUT2D eigenvalue weighted by Gasteiger charge is -2.35. The highest BCUT2D eigenvalue weighted by molar-refractivity contribution is 6.15. The predicted octanol–water partition coefficient (Wildman–Crippen LogP) is 27.5. The van der Waals surface area contributed by atoms with E-state index in [1.807, 2.05) is 0 Å². The molecule has 6 aromatic rings. The van der Waals surface area contributed by atoms with Gasteiger partial charge in [-0.2, -0.15) is 0 Å². The first kappa shape index (κ1) is 89.3. The minimum absolute atomic E-state index is 0.0374. The van der Waals surface area contributed by atoms with Crippen molar-refractivity contribution in [2.24, 2.45) is 32.5 Å². The molecule has 0 spiro atoms. The summed E-state index contributed by atoms with van der Waals surface area (Å²) in [7, 11) is 1.78. The van der Waals surface area contributed by atoms with E-state index in [4.69, 9.17) is 4.74 Å². The average molecular weight is 1540 g/mol. The normalized spacial score (nSPS) is 15.9. The van der Waals surface area contributed by atoms with Gasteiger partial charge in [-0.25, -0.2) is 0 Å². The number of carbonyl (C=O) groups is 3. The maximum atomic E-state index is 14.9. The molecule has 0 fully saturated rings. The highest BCUT2D eigenvalue weighted by Gasteiger charge is 2.43. The molecule has 0 saturated heterocycles. The van der Waals surface area contributed by atoms with Gasteiger partial charge < -0.3 is 20.1 Å². The molecule has 3 aliphatic rings. The number of methoxy groups -OCH3 is 1. The Morgan fingerprint density at radius 1 is 0.228 bits per heavy atom. The van der Waals surface area contributed by atoms with Crippen LogP contribution in [0.1, 0.15) is 333 Å². The third-order valence-electron chi connectivity index (χ3n) is 23.1. The number of carbonyl (C=O) groups excluding carboxylic acids is 3. The average Bonchev–Trinajstić information content (AvgIpc) is 0.738. The van der Waals surface area contributed by atoms with E-state index in [9.17, 15) is 29.7 Å². The second kappa shape index (κ2) is 29.8. The number of rotatable bonds is 10. The predicted molar refractivity (Wildman–Crippen MR) is 481 cm³/mol. The van der Waals surface area contributed by atoms with Crippen molar-refractivity contribution < 1.29 is 34.4 Å². The minimum Gasteiger partial charge on any atom is -0.507 e. The molecule has 9 rings (SSSR count). The molecule has 7 nitrogen and oxygen atoms in total. The smallest absolute Gasteiger partial charge is 0.186 e. The van der Waals surface area contributed by atoms with Crippen LogP contribution < -0.4 is 0 Å². The fourth-order valence-electron chi connectivity index (χ4n) is 16.4. The highest BCUT2D eigenvalue weighted by atomic mass is 16.5. The van der Waals surface area contributed by atoms with Gasteiger partial charge in [-0.05, 0) is 221 Å². The zero-order valence-corrected chi connectivity index (χ0v) is 76.8. The van der Waals surface area contributed by atoms with Gasteiger partial charge in [-0.1, -0.05) is 322 Å². The number of hydrogen-bond donors (Lipinski definition) is 3. The quantitative estimate of drug-likeness (QED) is 0.117. The molecule has 0 radical (unpaired) electrons. The van der Waals surface area contributed by atoms with Gasteiger partial charge in [-0.15, -0.1) is 0 Å². The summed E-state index contributed by atoms with van der Waals surface area (Å²) in [5, 5.41) is 37.2. The SMILES string of the molecule is COC(c1ccc(C(=C2C=C(C(C)(C)C)C(=O)C(C(C)(C)C)=C2)c2cc(C(C)(C)C)c(O)c(C(C)(C)C)c2)cc1)(c1ccc(C(=C2C=C(C(C)(C)C)C(=O)C(C(C)(C)C)=C2)c2cc(C(C)(C)C)c(O)c(C(C)(C)C)c2)cc1)c1ccc(C(=C2C=C(C(C)(C)C)C(=O)C(C(C)(C)C)=C2)c2cc(C(C)(C)C)c(O)c(C(C)(C)C)c2)cc1. The lowest BCUT2D eigenvalue weighted by Crippen LogP contribution is -2.31. The van der Waals surface area contributed by atoms with Crippen LogP contribution in [0.5, 0.6) is 17.2 Å². The van der Waals surface area contributed by atoms with Crippen LogP contribution in [0.4, 0.5) is 0 Å². The Hall–Kier alpha value is -8.65. The molecule has 608 valence electrons. The molecular formula is C107H138O7. The monoisotopic (exact) mass is 1540 g/mol. The molecule has 0 saturated carbocycles. The number of benzene rings is 6. The van der Waals surface area contributed by atoms with Gasteiger partial charge in [0, 0.05) is 73.9 Å². The molecule has 0 heterocycles. The fraction of sp³-hybridized carbons (Fsp3) is 0.467. The second-order valence-electron chi connectivity index (χ2n) is 45.2. The minimum atomic E-state index is -1.34. The molecule has 0 aliphatic heterocycles. The van der Waals surface area contributed by atoms with Crippen LogP contribution in [0.2, 0.25) is 0 Å². The van der Waals surface area contributed by atoms with Crippen molar-refractivity contribution in [3.63, 3.8) is 0 Å². The fourth-order valence-corrected chi connectivity index (χ4v) is 16.4. The maximum absolute atomic E-state index is 14.9. The summed E-state index contributed by atoms with van der Waals surface area (Å²) in [6, 6.07) is 39.1. The Bertz CT molecular complexity index is 4420. The van der Waals surface area contributed by atoms with Crippen LogP contribution in [-0.4, -0.2) is 39.8 Å². The van der Waals surface area contributed by atoms with Crippen molar-refractivity contribution in [3.05, 3.63) is 279 Å². The lowest BCUT2D eigenvalue weighted by atomic mass is 9.70. The summed E-state index contributed by atoms with van der Waals surface area (Å²) < 4.78 is 7.41. The Morgan fingerprint density at radius 2 is 0.377 bits per heavy atom. The van der Waals surface area contributed by atoms with Crippen LogP contribution in [-0.2, 0) is 57.2 Å². The van der Waals surface area contributed by atoms with Crippen LogP contribution in [0.3, 0.4) is 0 Å². The van der Waals surface area contributed by atoms with Crippen LogP contribution in [0.15, 0.2) is 196 Å². The lowest BCUT2D eigenvalue weighted by molar-refractivity contribution is -0.114. The van der Waals surface area contributed by atoms with Gasteiger partial charge in [0.05, 0.1) is 0 Å². The number of phenolic OH excluding ortho intramolecular Hbond substituents is 3. The molecule has 0 atom stereocenters. The zero-order chi connectivity index (χ0) is 86.2. The summed E-state index contributed by atoms with van der Waals surface area (Å²) >= 11 is 0. The largest absolute Gasteiger partial charge is 0.507 e. The van der Waals surface area contributed by atoms with E-state index in [0.717, 1.165) is 150 Å². The van der Waals surface area contributed by atoms with Crippen LogP contribution in [0.25, 0.3) is 16.7 Å².